The molecular weight excluding hydrogens is 534 g/mol. The summed E-state index contributed by atoms with van der Waals surface area (Å²) in [5, 5.41) is 3.52. The Kier molecular flexibility index (Phi) is 6.14. The van der Waals surface area contributed by atoms with E-state index in [1.165, 1.54) is 16.3 Å². The number of nitrogens with zero attached hydrogens (tertiary/aromatic N) is 5. The Morgan fingerprint density at radius 1 is 0.786 bits per heavy atom. The van der Waals surface area contributed by atoms with Crippen molar-refractivity contribution in [2.24, 2.45) is 7.05 Å². The van der Waals surface area contributed by atoms with Crippen LogP contribution >= 0.6 is 11.8 Å². The van der Waals surface area contributed by atoms with E-state index in [9.17, 15) is 0 Å². The molecule has 0 spiro atoms. The number of benzene rings is 3. The van der Waals surface area contributed by atoms with Gasteiger partial charge in [0.25, 0.3) is 0 Å². The van der Waals surface area contributed by atoms with Crippen molar-refractivity contribution in [2.45, 2.75) is 36.0 Å². The zero-order valence-corrected chi connectivity index (χ0v) is 24.8. The van der Waals surface area contributed by atoms with Crippen molar-refractivity contribution >= 4 is 50.2 Å². The standard InChI is InChI=1S/C36H29N5S/c1-36(2,3)25-12-14-38-35(19-25)41-32-9-7-6-8-29(32)30-11-10-27(21-33(30)41)42-28-17-24(16-26(20-28)37-4)31-18-23-13-15-40(5)34(23)22-39-31/h6-22H,1-3,5H3. The molecule has 4 aromatic heterocycles. The molecule has 204 valence electrons. The lowest BCUT2D eigenvalue weighted by atomic mass is 9.88. The molecule has 3 aromatic carbocycles. The monoisotopic (exact) mass is 563 g/mol. The van der Waals surface area contributed by atoms with Crippen molar-refractivity contribution in [3.8, 4) is 17.1 Å². The predicted molar refractivity (Wildman–Crippen MR) is 174 cm³/mol. The highest BCUT2D eigenvalue weighted by atomic mass is 32.2. The number of aryl methyl sites for hydroxylation is 1. The van der Waals surface area contributed by atoms with E-state index < -0.39 is 0 Å². The van der Waals surface area contributed by atoms with Gasteiger partial charge in [0.05, 0.1) is 35.0 Å². The van der Waals surface area contributed by atoms with Gasteiger partial charge < -0.3 is 4.57 Å². The lowest BCUT2D eigenvalue weighted by molar-refractivity contribution is 0.588. The van der Waals surface area contributed by atoms with E-state index in [-0.39, 0.29) is 5.41 Å². The lowest BCUT2D eigenvalue weighted by Gasteiger charge is -2.20. The SMILES string of the molecule is [C-]#[N+]c1cc(Sc2ccc3c4ccccc4n(-c4cc(C(C)(C)C)ccn4)c3c2)cc(-c2cc3ccn(C)c3cn2)c1. The van der Waals surface area contributed by atoms with Crippen LogP contribution in [0.1, 0.15) is 26.3 Å². The fraction of sp³-hybridized carbons (Fsp3) is 0.139. The van der Waals surface area contributed by atoms with Crippen LogP contribution < -0.4 is 0 Å². The molecule has 4 heterocycles. The Bertz CT molecular complexity index is 2190. The predicted octanol–water partition coefficient (Wildman–Crippen LogP) is 9.73. The van der Waals surface area contributed by atoms with Crippen molar-refractivity contribution in [3.63, 3.8) is 0 Å². The molecule has 0 aliphatic heterocycles. The van der Waals surface area contributed by atoms with E-state index in [1.54, 1.807) is 11.8 Å². The Hall–Kier alpha value is -4.86. The van der Waals surface area contributed by atoms with Gasteiger partial charge >= 0.3 is 0 Å². The number of rotatable bonds is 4. The number of pyridine rings is 2. The third-order valence-electron chi connectivity index (χ3n) is 7.81. The quantitative estimate of drug-likeness (QED) is 0.200. The maximum absolute atomic E-state index is 7.75. The van der Waals surface area contributed by atoms with Gasteiger partial charge in [-0.15, -0.1) is 0 Å². The van der Waals surface area contributed by atoms with Crippen LogP contribution in [0, 0.1) is 6.57 Å². The summed E-state index contributed by atoms with van der Waals surface area (Å²) in [6.07, 6.45) is 5.85. The minimum atomic E-state index is 0.0169. The summed E-state index contributed by atoms with van der Waals surface area (Å²) >= 11 is 1.66. The smallest absolute Gasteiger partial charge is 0.189 e. The molecule has 0 amide bonds. The molecule has 7 rings (SSSR count). The molecule has 0 atom stereocenters. The zero-order chi connectivity index (χ0) is 29.0. The zero-order valence-electron chi connectivity index (χ0n) is 24.0. The molecule has 7 aromatic rings. The van der Waals surface area contributed by atoms with Crippen LogP contribution in [0.3, 0.4) is 0 Å². The van der Waals surface area contributed by atoms with Gasteiger partial charge in [-0.2, -0.15) is 0 Å². The third-order valence-corrected chi connectivity index (χ3v) is 8.77. The molecule has 6 heteroatoms. The summed E-state index contributed by atoms with van der Waals surface area (Å²) in [4.78, 5) is 15.4. The van der Waals surface area contributed by atoms with Gasteiger partial charge in [-0.1, -0.05) is 56.8 Å². The van der Waals surface area contributed by atoms with Gasteiger partial charge in [-0.05, 0) is 77.2 Å². The Labute approximate surface area is 249 Å². The highest BCUT2D eigenvalue weighted by molar-refractivity contribution is 7.99. The highest BCUT2D eigenvalue weighted by Gasteiger charge is 2.18. The number of aromatic nitrogens is 4. The van der Waals surface area contributed by atoms with E-state index in [0.29, 0.717) is 5.69 Å². The summed E-state index contributed by atoms with van der Waals surface area (Å²) in [7, 11) is 2.02. The van der Waals surface area contributed by atoms with Crippen molar-refractivity contribution in [2.75, 3.05) is 0 Å². The maximum Gasteiger partial charge on any atom is 0.189 e. The number of hydrogen-bond acceptors (Lipinski definition) is 3. The molecule has 0 aliphatic carbocycles. The first kappa shape index (κ1) is 26.1. The Balaban J connectivity index is 1.34. The summed E-state index contributed by atoms with van der Waals surface area (Å²) in [6.45, 7) is 14.4. The summed E-state index contributed by atoms with van der Waals surface area (Å²) < 4.78 is 4.33. The van der Waals surface area contributed by atoms with Crippen LogP contribution in [-0.4, -0.2) is 19.1 Å². The molecule has 0 aliphatic rings. The first-order chi connectivity index (χ1) is 20.3. The van der Waals surface area contributed by atoms with Crippen LogP contribution in [0.2, 0.25) is 0 Å². The molecule has 0 unspecified atom stereocenters. The number of para-hydroxylation sites is 1. The van der Waals surface area contributed by atoms with Gasteiger partial charge in [0, 0.05) is 45.4 Å². The largest absolute Gasteiger partial charge is 0.349 e. The van der Waals surface area contributed by atoms with Crippen molar-refractivity contribution < 1.29 is 0 Å². The van der Waals surface area contributed by atoms with E-state index in [0.717, 1.165) is 48.8 Å². The molecule has 0 bridgehead atoms. The van der Waals surface area contributed by atoms with Gasteiger partial charge in [-0.25, -0.2) is 9.83 Å². The average Bonchev–Trinajstić information content (AvgIpc) is 3.53. The molecule has 42 heavy (non-hydrogen) atoms. The molecule has 0 saturated carbocycles. The lowest BCUT2D eigenvalue weighted by Crippen LogP contribution is -2.12. The molecule has 0 saturated heterocycles. The summed E-state index contributed by atoms with van der Waals surface area (Å²) in [6, 6.07) is 29.6. The van der Waals surface area contributed by atoms with Crippen LogP contribution in [-0.2, 0) is 12.5 Å². The molecule has 0 radical (unpaired) electrons. The highest BCUT2D eigenvalue weighted by Crippen LogP contribution is 2.39. The fourth-order valence-electron chi connectivity index (χ4n) is 5.58. The van der Waals surface area contributed by atoms with Crippen LogP contribution in [0.4, 0.5) is 5.69 Å². The summed E-state index contributed by atoms with van der Waals surface area (Å²) in [5.74, 6) is 0.912. The minimum Gasteiger partial charge on any atom is -0.349 e. The third kappa shape index (κ3) is 4.52. The molecular formula is C36H29N5S. The van der Waals surface area contributed by atoms with Crippen molar-refractivity contribution in [3.05, 3.63) is 121 Å². The molecule has 0 N–H and O–H groups in total. The second-order valence-electron chi connectivity index (χ2n) is 11.7. The first-order valence-electron chi connectivity index (χ1n) is 13.9. The normalized spacial score (nSPS) is 11.9. The second kappa shape index (κ2) is 9.90. The maximum atomic E-state index is 7.75. The number of hydrogen-bond donors (Lipinski definition) is 0. The van der Waals surface area contributed by atoms with Crippen LogP contribution in [0.25, 0.3) is 54.6 Å². The summed E-state index contributed by atoms with van der Waals surface area (Å²) in [5.41, 5.74) is 6.99. The van der Waals surface area contributed by atoms with Crippen LogP contribution in [0.5, 0.6) is 0 Å². The topological polar surface area (TPSA) is 40.0 Å². The number of fused-ring (bicyclic) bond motifs is 4. The molecule has 5 nitrogen and oxygen atoms in total. The van der Waals surface area contributed by atoms with Gasteiger partial charge in [0.2, 0.25) is 0 Å². The second-order valence-corrected chi connectivity index (χ2v) is 12.8. The Morgan fingerprint density at radius 3 is 2.45 bits per heavy atom. The van der Waals surface area contributed by atoms with Crippen LogP contribution in [0.15, 0.2) is 113 Å². The Morgan fingerprint density at radius 2 is 1.62 bits per heavy atom. The van der Waals surface area contributed by atoms with E-state index >= 15 is 0 Å². The van der Waals surface area contributed by atoms with Gasteiger partial charge in [0.1, 0.15) is 5.82 Å². The van der Waals surface area contributed by atoms with Gasteiger partial charge in [-0.3, -0.25) is 9.55 Å². The van der Waals surface area contributed by atoms with E-state index in [1.807, 2.05) is 37.8 Å². The fourth-order valence-corrected chi connectivity index (χ4v) is 6.53. The van der Waals surface area contributed by atoms with Crippen molar-refractivity contribution in [1.82, 2.24) is 19.1 Å². The van der Waals surface area contributed by atoms with E-state index in [4.69, 9.17) is 16.5 Å². The minimum absolute atomic E-state index is 0.0169. The first-order valence-corrected chi connectivity index (χ1v) is 14.7. The van der Waals surface area contributed by atoms with Crippen molar-refractivity contribution in [1.29, 1.82) is 0 Å². The van der Waals surface area contributed by atoms with E-state index in [2.05, 4.69) is 108 Å². The molecule has 0 fully saturated rings. The van der Waals surface area contributed by atoms with Gasteiger partial charge in [0.15, 0.2) is 5.69 Å². The average molecular weight is 564 g/mol.